The zero-order valence-corrected chi connectivity index (χ0v) is 10.8. The number of rotatable bonds is 1. The Hall–Kier alpha value is -0.780. The van der Waals surface area contributed by atoms with Gasteiger partial charge in [0.2, 0.25) is 0 Å². The third-order valence-corrected chi connectivity index (χ3v) is 3.82. The Kier molecular flexibility index (Phi) is 4.04. The molecule has 0 unspecified atom stereocenters. The van der Waals surface area contributed by atoms with Crippen LogP contribution in [-0.4, -0.2) is 0 Å². The van der Waals surface area contributed by atoms with E-state index < -0.39 is 0 Å². The normalized spacial score (nSPS) is 19.1. The van der Waals surface area contributed by atoms with Gasteiger partial charge in [0.1, 0.15) is 0 Å². The third-order valence-electron chi connectivity index (χ3n) is 3.82. The molecular formula is C16H24. The first-order valence-corrected chi connectivity index (χ1v) is 6.84. The molecular weight excluding hydrogens is 192 g/mol. The summed E-state index contributed by atoms with van der Waals surface area (Å²) in [5, 5.41) is 0. The van der Waals surface area contributed by atoms with Crippen LogP contribution in [-0.2, 0) is 0 Å². The van der Waals surface area contributed by atoms with Gasteiger partial charge < -0.3 is 0 Å². The fourth-order valence-electron chi connectivity index (χ4n) is 3.04. The summed E-state index contributed by atoms with van der Waals surface area (Å²) < 4.78 is 0. The molecule has 0 radical (unpaired) electrons. The Bertz CT molecular complexity index is 310. The molecule has 16 heavy (non-hydrogen) atoms. The smallest absolute Gasteiger partial charge is 0.0162 e. The van der Waals surface area contributed by atoms with Crippen molar-refractivity contribution in [3.8, 4) is 0 Å². The molecule has 0 amide bonds. The second kappa shape index (κ2) is 5.52. The van der Waals surface area contributed by atoms with Gasteiger partial charge in [-0.05, 0) is 38.2 Å². The summed E-state index contributed by atoms with van der Waals surface area (Å²) in [5.74, 6) is 0.832. The van der Waals surface area contributed by atoms with Crippen LogP contribution in [0.2, 0.25) is 0 Å². The van der Waals surface area contributed by atoms with E-state index >= 15 is 0 Å². The zero-order valence-electron chi connectivity index (χ0n) is 10.8. The molecule has 0 N–H and O–H groups in total. The van der Waals surface area contributed by atoms with E-state index in [1.807, 2.05) is 0 Å². The predicted octanol–water partition coefficient (Wildman–Crippen LogP) is 5.13. The van der Waals surface area contributed by atoms with Crippen LogP contribution in [0.15, 0.2) is 18.2 Å². The summed E-state index contributed by atoms with van der Waals surface area (Å²) in [6, 6.07) is 7.09. The van der Waals surface area contributed by atoms with Crippen LogP contribution < -0.4 is 0 Å². The topological polar surface area (TPSA) is 0 Å². The second-order valence-corrected chi connectivity index (χ2v) is 5.46. The van der Waals surface area contributed by atoms with Crippen molar-refractivity contribution in [1.82, 2.24) is 0 Å². The minimum atomic E-state index is 0.832. The summed E-state index contributed by atoms with van der Waals surface area (Å²) in [6.45, 7) is 4.44. The van der Waals surface area contributed by atoms with Crippen molar-refractivity contribution < 1.29 is 0 Å². The molecule has 1 saturated carbocycles. The highest BCUT2D eigenvalue weighted by molar-refractivity contribution is 5.31. The highest BCUT2D eigenvalue weighted by Gasteiger charge is 2.13. The molecule has 0 spiro atoms. The van der Waals surface area contributed by atoms with E-state index in [0.717, 1.165) is 5.92 Å². The van der Waals surface area contributed by atoms with Crippen molar-refractivity contribution in [3.05, 3.63) is 34.9 Å². The molecule has 0 bridgehead atoms. The predicted molar refractivity (Wildman–Crippen MR) is 71.0 cm³/mol. The van der Waals surface area contributed by atoms with Gasteiger partial charge in [0, 0.05) is 0 Å². The Labute approximate surface area is 100 Å². The zero-order chi connectivity index (χ0) is 11.4. The van der Waals surface area contributed by atoms with Gasteiger partial charge in [-0.3, -0.25) is 0 Å². The summed E-state index contributed by atoms with van der Waals surface area (Å²) in [4.78, 5) is 0. The second-order valence-electron chi connectivity index (χ2n) is 5.46. The van der Waals surface area contributed by atoms with Crippen LogP contribution >= 0.6 is 0 Å². The summed E-state index contributed by atoms with van der Waals surface area (Å²) in [6.07, 6.45) is 10.0. The van der Waals surface area contributed by atoms with Crippen molar-refractivity contribution in [2.24, 2.45) is 0 Å². The van der Waals surface area contributed by atoms with Gasteiger partial charge in [-0.15, -0.1) is 0 Å². The van der Waals surface area contributed by atoms with E-state index in [1.54, 1.807) is 5.56 Å². The maximum atomic E-state index is 2.40. The molecule has 1 aromatic rings. The standard InChI is InChI=1S/C16H24/c1-13-10-14(2)12-16(11-13)15-8-6-4-3-5-7-9-15/h10-12,15H,3-9H2,1-2H3. The molecule has 88 valence electrons. The largest absolute Gasteiger partial charge is 0.0564 e. The van der Waals surface area contributed by atoms with Crippen LogP contribution in [0.4, 0.5) is 0 Å². The first kappa shape index (κ1) is 11.7. The monoisotopic (exact) mass is 216 g/mol. The van der Waals surface area contributed by atoms with E-state index in [4.69, 9.17) is 0 Å². The van der Waals surface area contributed by atoms with Gasteiger partial charge in [0.25, 0.3) is 0 Å². The molecule has 0 atom stereocenters. The first-order valence-electron chi connectivity index (χ1n) is 6.84. The lowest BCUT2D eigenvalue weighted by Crippen LogP contribution is -2.03. The Morgan fingerprint density at radius 3 is 1.81 bits per heavy atom. The molecule has 1 fully saturated rings. The minimum absolute atomic E-state index is 0.832. The summed E-state index contributed by atoms with van der Waals surface area (Å²) >= 11 is 0. The molecule has 0 saturated heterocycles. The van der Waals surface area contributed by atoms with Crippen LogP contribution in [0, 0.1) is 13.8 Å². The van der Waals surface area contributed by atoms with Crippen molar-refractivity contribution in [2.75, 3.05) is 0 Å². The van der Waals surface area contributed by atoms with Gasteiger partial charge in [-0.1, -0.05) is 61.4 Å². The lowest BCUT2D eigenvalue weighted by atomic mass is 9.85. The van der Waals surface area contributed by atoms with E-state index in [0.29, 0.717) is 0 Å². The molecule has 0 heteroatoms. The molecule has 1 aromatic carbocycles. The quantitative estimate of drug-likeness (QED) is 0.610. The van der Waals surface area contributed by atoms with Crippen molar-refractivity contribution >= 4 is 0 Å². The Morgan fingerprint density at radius 1 is 0.750 bits per heavy atom. The highest BCUT2D eigenvalue weighted by atomic mass is 14.2. The van der Waals surface area contributed by atoms with Gasteiger partial charge in [0.15, 0.2) is 0 Å². The number of benzene rings is 1. The van der Waals surface area contributed by atoms with E-state index in [1.165, 1.54) is 56.1 Å². The number of hydrogen-bond acceptors (Lipinski definition) is 0. The maximum Gasteiger partial charge on any atom is -0.0162 e. The van der Waals surface area contributed by atoms with E-state index in [2.05, 4.69) is 32.0 Å². The average Bonchev–Trinajstić information content (AvgIpc) is 2.14. The lowest BCUT2D eigenvalue weighted by molar-refractivity contribution is 0.455. The van der Waals surface area contributed by atoms with Crippen molar-refractivity contribution in [3.63, 3.8) is 0 Å². The number of aryl methyl sites for hydroxylation is 2. The third kappa shape index (κ3) is 3.10. The molecule has 1 aliphatic carbocycles. The van der Waals surface area contributed by atoms with Gasteiger partial charge in [-0.2, -0.15) is 0 Å². The van der Waals surface area contributed by atoms with Crippen LogP contribution in [0.1, 0.15) is 67.6 Å². The van der Waals surface area contributed by atoms with Gasteiger partial charge in [0.05, 0.1) is 0 Å². The van der Waals surface area contributed by atoms with E-state index in [9.17, 15) is 0 Å². The SMILES string of the molecule is Cc1cc(C)cc(C2CCCCCCC2)c1. The van der Waals surface area contributed by atoms with E-state index in [-0.39, 0.29) is 0 Å². The molecule has 0 aliphatic heterocycles. The number of hydrogen-bond donors (Lipinski definition) is 0. The molecule has 1 aliphatic rings. The molecule has 0 heterocycles. The van der Waals surface area contributed by atoms with Gasteiger partial charge in [-0.25, -0.2) is 0 Å². The fourth-order valence-corrected chi connectivity index (χ4v) is 3.04. The Morgan fingerprint density at radius 2 is 1.25 bits per heavy atom. The minimum Gasteiger partial charge on any atom is -0.0564 e. The molecule has 0 nitrogen and oxygen atoms in total. The summed E-state index contributed by atoms with van der Waals surface area (Å²) in [7, 11) is 0. The highest BCUT2D eigenvalue weighted by Crippen LogP contribution is 2.31. The van der Waals surface area contributed by atoms with Crippen molar-refractivity contribution in [2.45, 2.75) is 64.7 Å². The fraction of sp³-hybridized carbons (Fsp3) is 0.625. The molecule has 2 rings (SSSR count). The summed E-state index contributed by atoms with van der Waals surface area (Å²) in [5.41, 5.74) is 4.45. The van der Waals surface area contributed by atoms with Crippen molar-refractivity contribution in [1.29, 1.82) is 0 Å². The van der Waals surface area contributed by atoms with Crippen LogP contribution in [0.25, 0.3) is 0 Å². The first-order chi connectivity index (χ1) is 7.75. The lowest BCUT2D eigenvalue weighted by Gasteiger charge is -2.21. The Balaban J connectivity index is 2.13. The van der Waals surface area contributed by atoms with Gasteiger partial charge >= 0.3 is 0 Å². The average molecular weight is 216 g/mol. The maximum absolute atomic E-state index is 2.40. The molecule has 0 aromatic heterocycles. The van der Waals surface area contributed by atoms with Crippen LogP contribution in [0.3, 0.4) is 0 Å². The van der Waals surface area contributed by atoms with Crippen LogP contribution in [0.5, 0.6) is 0 Å².